The lowest BCUT2D eigenvalue weighted by molar-refractivity contribution is -0.202. The SMILES string of the molecule is CO[C@@]1(NC(=O)Cc2cccs2)C(=O)N2C(C(=O)OC(c3ccccc3)c3ccccc3)C(CCl)=CS[C@@H]21. The second-order valence-electron chi connectivity index (χ2n) is 8.81. The van der Waals surface area contributed by atoms with E-state index < -0.39 is 35.1 Å². The van der Waals surface area contributed by atoms with Gasteiger partial charge in [0.1, 0.15) is 5.37 Å². The molecule has 5 rings (SSSR count). The number of esters is 1. The number of β-lactam (4-membered cyclic amide) rings is 1. The van der Waals surface area contributed by atoms with E-state index in [1.165, 1.54) is 35.1 Å². The predicted octanol–water partition coefficient (Wildman–Crippen LogP) is 4.49. The molecule has 2 aromatic carbocycles. The Hall–Kier alpha value is -3.11. The van der Waals surface area contributed by atoms with Crippen LogP contribution in [-0.4, -0.2) is 52.8 Å². The molecule has 0 spiro atoms. The highest BCUT2D eigenvalue weighted by Gasteiger charge is 2.67. The van der Waals surface area contributed by atoms with Crippen molar-refractivity contribution in [1.82, 2.24) is 10.2 Å². The number of hydrogen-bond donors (Lipinski definition) is 1. The highest BCUT2D eigenvalue weighted by Crippen LogP contribution is 2.47. The van der Waals surface area contributed by atoms with Crippen molar-refractivity contribution in [2.75, 3.05) is 13.0 Å². The number of hydrogen-bond acceptors (Lipinski definition) is 7. The lowest BCUT2D eigenvalue weighted by Gasteiger charge is -2.57. The highest BCUT2D eigenvalue weighted by molar-refractivity contribution is 8.03. The molecule has 0 aliphatic carbocycles. The maximum Gasteiger partial charge on any atom is 0.334 e. The van der Waals surface area contributed by atoms with Gasteiger partial charge in [-0.05, 0) is 33.6 Å². The van der Waals surface area contributed by atoms with Crippen LogP contribution in [0.4, 0.5) is 0 Å². The number of fused-ring (bicyclic) bond motifs is 1. The molecule has 2 aliphatic rings. The van der Waals surface area contributed by atoms with Crippen LogP contribution in [0, 0.1) is 0 Å². The number of nitrogens with one attached hydrogen (secondary N) is 1. The molecule has 1 aromatic heterocycles. The third-order valence-corrected chi connectivity index (χ3v) is 8.95. The number of alkyl halides is 1. The van der Waals surface area contributed by atoms with Crippen molar-refractivity contribution in [3.63, 3.8) is 0 Å². The Bertz CT molecular complexity index is 1300. The van der Waals surface area contributed by atoms with Crippen molar-refractivity contribution in [2.24, 2.45) is 0 Å². The van der Waals surface area contributed by atoms with Crippen LogP contribution in [0.1, 0.15) is 22.1 Å². The minimum Gasteiger partial charge on any atom is -0.451 e. The Balaban J connectivity index is 1.40. The second kappa shape index (κ2) is 11.3. The zero-order valence-corrected chi connectivity index (χ0v) is 22.8. The maximum atomic E-state index is 13.7. The maximum absolute atomic E-state index is 13.7. The minimum absolute atomic E-state index is 0.0370. The van der Waals surface area contributed by atoms with E-state index in [2.05, 4.69) is 5.32 Å². The molecular weight excluding hydrogens is 544 g/mol. The summed E-state index contributed by atoms with van der Waals surface area (Å²) in [6, 6.07) is 21.5. The molecule has 1 N–H and O–H groups in total. The van der Waals surface area contributed by atoms with Crippen molar-refractivity contribution in [2.45, 2.75) is 29.7 Å². The number of carbonyl (C=O) groups is 3. The first kappa shape index (κ1) is 26.5. The number of halogens is 1. The monoisotopic (exact) mass is 568 g/mol. The molecule has 10 heteroatoms. The smallest absolute Gasteiger partial charge is 0.334 e. The van der Waals surface area contributed by atoms with Crippen LogP contribution in [0.15, 0.2) is 89.2 Å². The number of carbonyl (C=O) groups excluding carboxylic acids is 3. The Morgan fingerprint density at radius 2 is 1.71 bits per heavy atom. The van der Waals surface area contributed by atoms with Crippen LogP contribution in [0.3, 0.4) is 0 Å². The normalized spacial score (nSPS) is 22.3. The molecule has 1 unspecified atom stereocenters. The van der Waals surface area contributed by atoms with E-state index in [0.29, 0.717) is 5.57 Å². The third-order valence-electron chi connectivity index (χ3n) is 6.51. The van der Waals surface area contributed by atoms with Crippen LogP contribution < -0.4 is 5.32 Å². The standard InChI is InChI=1S/C28H25ClN2O5S2/c1-35-28(30-22(32)15-21-13-8-14-37-21)26(34)31-23(20(16-29)17-38-27(28)31)25(33)36-24(18-9-4-2-5-10-18)19-11-6-3-7-12-19/h2-14,17,23-24,27H,15-16H2,1H3,(H,30,32)/t23?,27-,28+/m1/s1. The van der Waals surface area contributed by atoms with Crippen molar-refractivity contribution >= 4 is 52.5 Å². The first-order chi connectivity index (χ1) is 18.5. The van der Waals surface area contributed by atoms with Gasteiger partial charge in [0.15, 0.2) is 12.1 Å². The molecule has 1 fully saturated rings. The fraction of sp³-hybridized carbons (Fsp3) is 0.250. The van der Waals surface area contributed by atoms with Gasteiger partial charge in [0.05, 0.1) is 6.42 Å². The fourth-order valence-electron chi connectivity index (χ4n) is 4.65. The second-order valence-corrected chi connectivity index (χ2v) is 11.1. The summed E-state index contributed by atoms with van der Waals surface area (Å²) in [6.45, 7) is 0. The van der Waals surface area contributed by atoms with E-state index in [4.69, 9.17) is 21.1 Å². The molecule has 2 aliphatic heterocycles. The first-order valence-corrected chi connectivity index (χ1v) is 14.3. The summed E-state index contributed by atoms with van der Waals surface area (Å²) >= 11 is 8.95. The average molecular weight is 569 g/mol. The van der Waals surface area contributed by atoms with Crippen LogP contribution >= 0.6 is 34.7 Å². The van der Waals surface area contributed by atoms with Crippen molar-refractivity contribution in [3.8, 4) is 0 Å². The van der Waals surface area contributed by atoms with Gasteiger partial charge >= 0.3 is 5.97 Å². The summed E-state index contributed by atoms with van der Waals surface area (Å²) in [7, 11) is 1.37. The predicted molar refractivity (Wildman–Crippen MR) is 148 cm³/mol. The highest BCUT2D eigenvalue weighted by atomic mass is 35.5. The Kier molecular flexibility index (Phi) is 7.90. The van der Waals surface area contributed by atoms with E-state index in [1.54, 1.807) is 5.41 Å². The Labute approximate surface area is 233 Å². The lowest BCUT2D eigenvalue weighted by Crippen LogP contribution is -2.83. The van der Waals surface area contributed by atoms with Crippen LogP contribution in [0.5, 0.6) is 0 Å². The van der Waals surface area contributed by atoms with Crippen LogP contribution in [0.25, 0.3) is 0 Å². The summed E-state index contributed by atoms with van der Waals surface area (Å²) in [5.41, 5.74) is 0.546. The summed E-state index contributed by atoms with van der Waals surface area (Å²) in [4.78, 5) is 42.4. The van der Waals surface area contributed by atoms with E-state index in [0.717, 1.165) is 16.0 Å². The number of thioether (sulfide) groups is 1. The molecule has 2 amide bonds. The number of methoxy groups -OCH3 is 1. The number of benzene rings is 2. The topological polar surface area (TPSA) is 84.9 Å². The molecule has 0 bridgehead atoms. The largest absolute Gasteiger partial charge is 0.451 e. The Morgan fingerprint density at radius 1 is 1.05 bits per heavy atom. The minimum atomic E-state index is -1.59. The molecule has 3 heterocycles. The van der Waals surface area contributed by atoms with E-state index in [-0.39, 0.29) is 18.2 Å². The number of rotatable bonds is 9. The van der Waals surface area contributed by atoms with E-state index in [9.17, 15) is 14.4 Å². The Morgan fingerprint density at radius 3 is 2.26 bits per heavy atom. The van der Waals surface area contributed by atoms with Gasteiger partial charge in [0, 0.05) is 17.9 Å². The van der Waals surface area contributed by atoms with Crippen molar-refractivity contribution < 1.29 is 23.9 Å². The van der Waals surface area contributed by atoms with Gasteiger partial charge in [-0.25, -0.2) is 4.79 Å². The van der Waals surface area contributed by atoms with Crippen LogP contribution in [0.2, 0.25) is 0 Å². The lowest BCUT2D eigenvalue weighted by atomic mass is 9.94. The van der Waals surface area contributed by atoms with Gasteiger partial charge < -0.3 is 19.7 Å². The van der Waals surface area contributed by atoms with Gasteiger partial charge in [0.25, 0.3) is 11.6 Å². The molecule has 196 valence electrons. The molecule has 0 saturated carbocycles. The van der Waals surface area contributed by atoms with Gasteiger partial charge in [0.2, 0.25) is 5.91 Å². The van der Waals surface area contributed by atoms with Crippen molar-refractivity contribution in [3.05, 3.63) is 105 Å². The number of amides is 2. The van der Waals surface area contributed by atoms with Gasteiger partial charge in [-0.15, -0.1) is 34.7 Å². The third kappa shape index (κ3) is 4.87. The summed E-state index contributed by atoms with van der Waals surface area (Å²) < 4.78 is 11.7. The summed E-state index contributed by atoms with van der Waals surface area (Å²) in [6.07, 6.45) is -0.555. The fourth-order valence-corrected chi connectivity index (χ4v) is 6.98. The van der Waals surface area contributed by atoms with Crippen molar-refractivity contribution in [1.29, 1.82) is 0 Å². The summed E-state index contributed by atoms with van der Waals surface area (Å²) in [5, 5.41) is 5.75. The quantitative estimate of drug-likeness (QED) is 0.177. The molecule has 38 heavy (non-hydrogen) atoms. The molecule has 7 nitrogen and oxygen atoms in total. The molecule has 3 atom stereocenters. The van der Waals surface area contributed by atoms with E-state index >= 15 is 0 Å². The molecule has 1 saturated heterocycles. The molecule has 0 radical (unpaired) electrons. The van der Waals surface area contributed by atoms with Gasteiger partial charge in [-0.1, -0.05) is 66.7 Å². The number of thiophene rings is 1. The molecule has 3 aromatic rings. The van der Waals surface area contributed by atoms with Gasteiger partial charge in [-0.2, -0.15) is 0 Å². The summed E-state index contributed by atoms with van der Waals surface area (Å²) in [5.74, 6) is -1.44. The average Bonchev–Trinajstić information content (AvgIpc) is 3.47. The molecular formula is C28H25ClN2O5S2. The van der Waals surface area contributed by atoms with Gasteiger partial charge in [-0.3, -0.25) is 9.59 Å². The van der Waals surface area contributed by atoms with Crippen LogP contribution in [-0.2, 0) is 30.3 Å². The zero-order chi connectivity index (χ0) is 26.7. The zero-order valence-electron chi connectivity index (χ0n) is 20.4. The number of nitrogens with zero attached hydrogens (tertiary/aromatic N) is 1. The first-order valence-electron chi connectivity index (χ1n) is 11.9. The van der Waals surface area contributed by atoms with E-state index in [1.807, 2.05) is 78.2 Å². The number of ether oxygens (including phenoxy) is 2.